The van der Waals surface area contributed by atoms with Gasteiger partial charge < -0.3 is 3.88 Å². The Morgan fingerprint density at radius 3 is 1.88 bits per heavy atom. The Morgan fingerprint density at radius 1 is 0.654 bits per heavy atom. The fourth-order valence-corrected chi connectivity index (χ4v) is 2.90. The molecule has 0 saturated carbocycles. The molecule has 0 bridgehead atoms. The van der Waals surface area contributed by atoms with Crippen molar-refractivity contribution in [3.63, 3.8) is 0 Å². The highest BCUT2D eigenvalue weighted by Crippen LogP contribution is 2.06. The third-order valence-corrected chi connectivity index (χ3v) is 4.33. The van der Waals surface area contributed by atoms with Crippen molar-refractivity contribution < 1.29 is 0 Å². The highest BCUT2D eigenvalue weighted by molar-refractivity contribution is 6.04. The second-order valence-electron chi connectivity index (χ2n) is 5.99. The summed E-state index contributed by atoms with van der Waals surface area (Å²) in [4.78, 5) is 19.8. The van der Waals surface area contributed by atoms with Crippen LogP contribution in [0, 0.1) is 0 Å². The first kappa shape index (κ1) is 18.6. The quantitative estimate of drug-likeness (QED) is 0.543. The molecule has 3 aromatic heterocycles. The molecule has 6 nitrogen and oxygen atoms in total. The van der Waals surface area contributed by atoms with E-state index in [2.05, 4.69) is 45.2 Å². The fourth-order valence-electron chi connectivity index (χ4n) is 2.60. The van der Waals surface area contributed by atoms with Crippen LogP contribution in [0.25, 0.3) is 0 Å². The minimum atomic E-state index is 0.694. The normalized spacial score (nSPS) is 11.2. The van der Waals surface area contributed by atoms with Gasteiger partial charge in [0.25, 0.3) is 16.5 Å². The molecule has 0 N–H and O–H groups in total. The van der Waals surface area contributed by atoms with E-state index in [4.69, 9.17) is 0 Å². The molecule has 3 aromatic rings. The Hall–Kier alpha value is -2.17. The first-order chi connectivity index (χ1) is 12.8. The van der Waals surface area contributed by atoms with Gasteiger partial charge in [-0.25, -0.2) is 9.97 Å². The molecule has 26 heavy (non-hydrogen) atoms. The van der Waals surface area contributed by atoms with Crippen molar-refractivity contribution in [2.45, 2.75) is 19.6 Å². The molecule has 0 aliphatic heterocycles. The lowest BCUT2D eigenvalue weighted by atomic mass is 10.3. The van der Waals surface area contributed by atoms with Crippen LogP contribution >= 0.6 is 0 Å². The van der Waals surface area contributed by atoms with E-state index in [0.29, 0.717) is 6.54 Å². The predicted octanol–water partition coefficient (Wildman–Crippen LogP) is 1.85. The summed E-state index contributed by atoms with van der Waals surface area (Å²) in [7, 11) is 0. The average molecular weight is 360 g/mol. The molecule has 0 aliphatic carbocycles. The monoisotopic (exact) mass is 360 g/mol. The maximum atomic E-state index is 4.44. The lowest BCUT2D eigenvalue weighted by molar-refractivity contribution is 0.226. The van der Waals surface area contributed by atoms with Crippen LogP contribution in [-0.2, 0) is 19.6 Å². The number of aromatic nitrogens is 4. The number of hydrogen-bond donors (Lipinski definition) is 0. The molecule has 0 aromatic carbocycles. The van der Waals surface area contributed by atoms with Gasteiger partial charge in [-0.3, -0.25) is 14.9 Å². The molecule has 0 fully saturated rings. The van der Waals surface area contributed by atoms with E-state index < -0.39 is 0 Å². The average Bonchev–Trinajstić information content (AvgIpc) is 2.68. The maximum absolute atomic E-state index is 4.44. The Balaban J connectivity index is 1.59. The third kappa shape index (κ3) is 6.28. The molecule has 0 saturated heterocycles. The van der Waals surface area contributed by atoms with Gasteiger partial charge in [-0.2, -0.15) is 0 Å². The summed E-state index contributed by atoms with van der Waals surface area (Å²) in [6, 6.07) is 13.8. The van der Waals surface area contributed by atoms with Crippen molar-refractivity contribution in [3.8, 4) is 0 Å². The summed E-state index contributed by atoms with van der Waals surface area (Å²) in [6.45, 7) is 4.03. The summed E-state index contributed by atoms with van der Waals surface area (Å²) < 4.78 is 2.19. The van der Waals surface area contributed by atoms with Crippen molar-refractivity contribution in [2.24, 2.45) is 0 Å². The summed E-state index contributed by atoms with van der Waals surface area (Å²) >= 11 is 2.79. The lowest BCUT2D eigenvalue weighted by Crippen LogP contribution is -2.34. The van der Waals surface area contributed by atoms with Gasteiger partial charge in [-0.05, 0) is 36.9 Å². The zero-order valence-electron chi connectivity index (χ0n) is 14.6. The van der Waals surface area contributed by atoms with Gasteiger partial charge in [0.15, 0.2) is 0 Å². The molecule has 0 unspecified atom stereocenters. The second kappa shape index (κ2) is 10.1. The summed E-state index contributed by atoms with van der Waals surface area (Å²) in [6.07, 6.45) is 7.22. The standard InChI is InChI=1S/C19H21N6.Al/c1-3-8-21-17(6-1)14-20-12-13-25(15-18-7-2-4-9-22-18)16-19-23-10-5-11-24-19;/h1-11H,12-16H2;/q-1;+1. The van der Waals surface area contributed by atoms with E-state index in [1.54, 1.807) is 12.4 Å². The SMILES string of the molecule is [Al][N](CCN(Cc1ccccn1)Cc1ncccn1)Cc1ccccn1. The fraction of sp³-hybridized carbons (Fsp3) is 0.263. The lowest BCUT2D eigenvalue weighted by Gasteiger charge is -2.25. The Kier molecular flexibility index (Phi) is 7.23. The van der Waals surface area contributed by atoms with Crippen LogP contribution in [0.4, 0.5) is 0 Å². The molecule has 3 heterocycles. The van der Waals surface area contributed by atoms with Crippen LogP contribution in [0.3, 0.4) is 0 Å². The smallest absolute Gasteiger partial charge is 0.256 e. The molecule has 0 atom stereocenters. The highest BCUT2D eigenvalue weighted by atomic mass is 27.1. The minimum absolute atomic E-state index is 0.694. The van der Waals surface area contributed by atoms with Gasteiger partial charge >= 0.3 is 0 Å². The van der Waals surface area contributed by atoms with Gasteiger partial charge in [-0.1, -0.05) is 12.1 Å². The number of pyridine rings is 2. The van der Waals surface area contributed by atoms with Crippen LogP contribution in [-0.4, -0.2) is 58.3 Å². The molecule has 3 rings (SSSR count). The molecule has 0 aliphatic rings. The maximum Gasteiger partial charge on any atom is 0.256 e. The zero-order chi connectivity index (χ0) is 18.0. The van der Waals surface area contributed by atoms with Crippen molar-refractivity contribution >= 4 is 16.5 Å². The summed E-state index contributed by atoms with van der Waals surface area (Å²) in [5, 5.41) is 0. The van der Waals surface area contributed by atoms with Crippen LogP contribution in [0.1, 0.15) is 17.2 Å². The first-order valence-electron chi connectivity index (χ1n) is 8.57. The molecule has 130 valence electrons. The minimum Gasteiger partial charge on any atom is -0.397 e. The van der Waals surface area contributed by atoms with E-state index in [1.165, 1.54) is 0 Å². The largest absolute Gasteiger partial charge is 0.397 e. The van der Waals surface area contributed by atoms with E-state index in [0.717, 1.165) is 43.4 Å². The van der Waals surface area contributed by atoms with Crippen molar-refractivity contribution in [1.29, 1.82) is 0 Å². The Bertz CT molecular complexity index is 715. The van der Waals surface area contributed by atoms with E-state index >= 15 is 0 Å². The Morgan fingerprint density at radius 2 is 1.27 bits per heavy atom. The van der Waals surface area contributed by atoms with Crippen molar-refractivity contribution in [2.75, 3.05) is 13.1 Å². The number of hydrogen-bond acceptors (Lipinski definition) is 6. The molecule has 2 radical (unpaired) electrons. The van der Waals surface area contributed by atoms with Crippen LogP contribution in [0.5, 0.6) is 0 Å². The van der Waals surface area contributed by atoms with Crippen molar-refractivity contribution in [1.82, 2.24) is 28.7 Å². The third-order valence-electron chi connectivity index (χ3n) is 3.89. The molecular weight excluding hydrogens is 339 g/mol. The molecule has 7 heteroatoms. The number of nitrogens with zero attached hydrogens (tertiary/aromatic N) is 6. The van der Waals surface area contributed by atoms with Gasteiger partial charge in [0.2, 0.25) is 0 Å². The van der Waals surface area contributed by atoms with E-state index in [1.807, 2.05) is 54.9 Å². The second-order valence-corrected chi connectivity index (χ2v) is 6.72. The topological polar surface area (TPSA) is 58.0 Å². The van der Waals surface area contributed by atoms with Crippen LogP contribution in [0.15, 0.2) is 67.3 Å². The van der Waals surface area contributed by atoms with Gasteiger partial charge in [0.05, 0.1) is 17.9 Å². The van der Waals surface area contributed by atoms with Crippen molar-refractivity contribution in [3.05, 3.63) is 84.5 Å². The van der Waals surface area contributed by atoms with Crippen LogP contribution in [0.2, 0.25) is 0 Å². The molecular formula is C19H21AlN6. The number of rotatable bonds is 9. The predicted molar refractivity (Wildman–Crippen MR) is 101 cm³/mol. The van der Waals surface area contributed by atoms with Gasteiger partial charge in [-0.15, -0.1) is 0 Å². The first-order valence-corrected chi connectivity index (χ1v) is 9.09. The van der Waals surface area contributed by atoms with Gasteiger partial charge in [0.1, 0.15) is 5.82 Å². The zero-order valence-corrected chi connectivity index (χ0v) is 15.8. The molecule has 0 spiro atoms. The summed E-state index contributed by atoms with van der Waals surface area (Å²) in [5.41, 5.74) is 2.11. The van der Waals surface area contributed by atoms with E-state index in [-0.39, 0.29) is 0 Å². The van der Waals surface area contributed by atoms with Gasteiger partial charge in [0, 0.05) is 44.4 Å². The highest BCUT2D eigenvalue weighted by Gasteiger charge is 2.11. The van der Waals surface area contributed by atoms with E-state index in [9.17, 15) is 0 Å². The summed E-state index contributed by atoms with van der Waals surface area (Å²) in [5.74, 6) is 0.823. The molecule has 0 amide bonds. The Labute approximate surface area is 162 Å². The van der Waals surface area contributed by atoms with Crippen LogP contribution < -0.4 is 0 Å².